The van der Waals surface area contributed by atoms with Crippen LogP contribution in [0, 0.1) is 0 Å². The van der Waals surface area contributed by atoms with Crippen LogP contribution in [-0.2, 0) is 0 Å². The summed E-state index contributed by atoms with van der Waals surface area (Å²) in [5, 5.41) is 2.81. The van der Waals surface area contributed by atoms with Gasteiger partial charge in [0.05, 0.1) is 5.56 Å². The molecule has 2 aromatic rings. The van der Waals surface area contributed by atoms with Crippen LogP contribution >= 0.6 is 11.8 Å². The molecule has 0 spiro atoms. The highest BCUT2D eigenvalue weighted by Crippen LogP contribution is 2.23. The van der Waals surface area contributed by atoms with E-state index in [4.69, 9.17) is 0 Å². The van der Waals surface area contributed by atoms with Crippen LogP contribution in [0.1, 0.15) is 23.7 Å². The SMILES string of the molecule is CCCSc1ccccc1C(=O)Nc1ccccn1. The highest BCUT2D eigenvalue weighted by molar-refractivity contribution is 7.99. The summed E-state index contributed by atoms with van der Waals surface area (Å²) >= 11 is 1.70. The Balaban J connectivity index is 2.14. The van der Waals surface area contributed by atoms with Crippen LogP contribution in [0.5, 0.6) is 0 Å². The van der Waals surface area contributed by atoms with E-state index in [1.165, 1.54) is 0 Å². The Hall–Kier alpha value is -1.81. The molecule has 1 aromatic heterocycles. The molecule has 0 aliphatic carbocycles. The first kappa shape index (κ1) is 13.6. The molecule has 0 aliphatic rings. The molecule has 2 rings (SSSR count). The van der Waals surface area contributed by atoms with Gasteiger partial charge in [-0.3, -0.25) is 4.79 Å². The summed E-state index contributed by atoms with van der Waals surface area (Å²) in [6, 6.07) is 13.1. The average molecular weight is 272 g/mol. The quantitative estimate of drug-likeness (QED) is 0.841. The minimum Gasteiger partial charge on any atom is -0.307 e. The van der Waals surface area contributed by atoms with Crippen molar-refractivity contribution < 1.29 is 4.79 Å². The number of pyridine rings is 1. The highest BCUT2D eigenvalue weighted by Gasteiger charge is 2.11. The molecule has 1 aromatic carbocycles. The number of aromatic nitrogens is 1. The van der Waals surface area contributed by atoms with E-state index in [1.54, 1.807) is 24.0 Å². The Labute approximate surface area is 117 Å². The van der Waals surface area contributed by atoms with Crippen molar-refractivity contribution in [2.24, 2.45) is 0 Å². The fraction of sp³-hybridized carbons (Fsp3) is 0.200. The molecule has 4 heteroatoms. The second-order valence-electron chi connectivity index (χ2n) is 4.01. The summed E-state index contributed by atoms with van der Waals surface area (Å²) in [7, 11) is 0. The number of carbonyl (C=O) groups is 1. The van der Waals surface area contributed by atoms with Gasteiger partial charge in [0.25, 0.3) is 5.91 Å². The predicted molar refractivity (Wildman–Crippen MR) is 79.6 cm³/mol. The molecule has 0 fully saturated rings. The molecule has 1 heterocycles. The van der Waals surface area contributed by atoms with Crippen molar-refractivity contribution in [1.29, 1.82) is 0 Å². The van der Waals surface area contributed by atoms with Crippen LogP contribution in [0.25, 0.3) is 0 Å². The van der Waals surface area contributed by atoms with E-state index < -0.39 is 0 Å². The summed E-state index contributed by atoms with van der Waals surface area (Å²) in [5.74, 6) is 1.47. The van der Waals surface area contributed by atoms with Gasteiger partial charge < -0.3 is 5.32 Å². The third-order valence-corrected chi connectivity index (χ3v) is 3.78. The lowest BCUT2D eigenvalue weighted by Crippen LogP contribution is -2.13. The Morgan fingerprint density at radius 1 is 1.21 bits per heavy atom. The Bertz CT molecular complexity index is 543. The lowest BCUT2D eigenvalue weighted by atomic mass is 10.2. The second kappa shape index (κ2) is 6.95. The number of hydrogen-bond donors (Lipinski definition) is 1. The van der Waals surface area contributed by atoms with Crippen molar-refractivity contribution in [3.05, 3.63) is 54.2 Å². The van der Waals surface area contributed by atoms with Crippen LogP contribution in [0.3, 0.4) is 0 Å². The van der Waals surface area contributed by atoms with Crippen molar-refractivity contribution in [2.75, 3.05) is 11.1 Å². The fourth-order valence-electron chi connectivity index (χ4n) is 1.61. The number of rotatable bonds is 5. The third kappa shape index (κ3) is 3.83. The molecule has 1 N–H and O–H groups in total. The minimum absolute atomic E-state index is 0.113. The summed E-state index contributed by atoms with van der Waals surface area (Å²) in [6.45, 7) is 2.13. The Morgan fingerprint density at radius 3 is 2.74 bits per heavy atom. The lowest BCUT2D eigenvalue weighted by molar-refractivity contribution is 0.102. The van der Waals surface area contributed by atoms with Crippen LogP contribution < -0.4 is 5.32 Å². The first-order valence-electron chi connectivity index (χ1n) is 6.25. The molecule has 0 aliphatic heterocycles. The number of hydrogen-bond acceptors (Lipinski definition) is 3. The van der Waals surface area contributed by atoms with Crippen molar-refractivity contribution in [2.45, 2.75) is 18.2 Å². The van der Waals surface area contributed by atoms with Crippen LogP contribution in [0.4, 0.5) is 5.82 Å². The molecule has 0 atom stereocenters. The van der Waals surface area contributed by atoms with Gasteiger partial charge in [-0.2, -0.15) is 0 Å². The van der Waals surface area contributed by atoms with Gasteiger partial charge in [0, 0.05) is 11.1 Å². The van der Waals surface area contributed by atoms with Gasteiger partial charge in [-0.1, -0.05) is 25.1 Å². The number of nitrogens with one attached hydrogen (secondary N) is 1. The molecule has 0 saturated heterocycles. The summed E-state index contributed by atoms with van der Waals surface area (Å²) in [5.41, 5.74) is 0.701. The molecule has 0 saturated carbocycles. The summed E-state index contributed by atoms with van der Waals surface area (Å²) in [6.07, 6.45) is 2.74. The first-order valence-corrected chi connectivity index (χ1v) is 7.24. The highest BCUT2D eigenvalue weighted by atomic mass is 32.2. The number of benzene rings is 1. The molecule has 19 heavy (non-hydrogen) atoms. The fourth-order valence-corrected chi connectivity index (χ4v) is 2.53. The summed E-state index contributed by atoms with van der Waals surface area (Å²) < 4.78 is 0. The van der Waals surface area contributed by atoms with Crippen molar-refractivity contribution in [1.82, 2.24) is 4.98 Å². The molecular formula is C15H16N2OS. The van der Waals surface area contributed by atoms with Gasteiger partial charge >= 0.3 is 0 Å². The van der Waals surface area contributed by atoms with Crippen LogP contribution in [-0.4, -0.2) is 16.6 Å². The van der Waals surface area contributed by atoms with E-state index in [-0.39, 0.29) is 5.91 Å². The van der Waals surface area contributed by atoms with E-state index in [2.05, 4.69) is 17.2 Å². The van der Waals surface area contributed by atoms with Crippen LogP contribution in [0.15, 0.2) is 53.6 Å². The Morgan fingerprint density at radius 2 is 2.00 bits per heavy atom. The van der Waals surface area contributed by atoms with Crippen molar-refractivity contribution in [3.8, 4) is 0 Å². The average Bonchev–Trinajstić information content (AvgIpc) is 2.46. The van der Waals surface area contributed by atoms with Gasteiger partial charge in [0.2, 0.25) is 0 Å². The van der Waals surface area contributed by atoms with Crippen molar-refractivity contribution >= 4 is 23.5 Å². The number of anilines is 1. The molecule has 0 radical (unpaired) electrons. The number of nitrogens with zero attached hydrogens (tertiary/aromatic N) is 1. The topological polar surface area (TPSA) is 42.0 Å². The van der Waals surface area contributed by atoms with E-state index >= 15 is 0 Å². The molecular weight excluding hydrogens is 256 g/mol. The lowest BCUT2D eigenvalue weighted by Gasteiger charge is -2.08. The molecule has 1 amide bonds. The number of amides is 1. The maximum absolute atomic E-state index is 12.2. The molecule has 0 unspecified atom stereocenters. The standard InChI is InChI=1S/C15H16N2OS/c1-2-11-19-13-8-4-3-7-12(13)15(18)17-14-9-5-6-10-16-14/h3-10H,2,11H2,1H3,(H,16,17,18). The van der Waals surface area contributed by atoms with E-state index in [0.29, 0.717) is 11.4 Å². The maximum atomic E-state index is 12.2. The first-order chi connectivity index (χ1) is 9.31. The molecule has 98 valence electrons. The van der Waals surface area contributed by atoms with Crippen molar-refractivity contribution in [3.63, 3.8) is 0 Å². The second-order valence-corrected chi connectivity index (χ2v) is 5.15. The normalized spacial score (nSPS) is 10.2. The van der Waals surface area contributed by atoms with Crippen LogP contribution in [0.2, 0.25) is 0 Å². The zero-order valence-electron chi connectivity index (χ0n) is 10.8. The van der Waals surface area contributed by atoms with Gasteiger partial charge in [0.1, 0.15) is 5.82 Å². The number of thioether (sulfide) groups is 1. The predicted octanol–water partition coefficient (Wildman–Crippen LogP) is 3.84. The minimum atomic E-state index is -0.113. The summed E-state index contributed by atoms with van der Waals surface area (Å²) in [4.78, 5) is 17.3. The van der Waals surface area contributed by atoms with E-state index in [9.17, 15) is 4.79 Å². The molecule has 3 nitrogen and oxygen atoms in total. The van der Waals surface area contributed by atoms with Gasteiger partial charge in [-0.05, 0) is 36.4 Å². The zero-order chi connectivity index (χ0) is 13.5. The molecule has 0 bridgehead atoms. The van der Waals surface area contributed by atoms with E-state index in [0.717, 1.165) is 17.1 Å². The maximum Gasteiger partial charge on any atom is 0.257 e. The van der Waals surface area contributed by atoms with Gasteiger partial charge in [0.15, 0.2) is 0 Å². The Kier molecular flexibility index (Phi) is 4.98. The monoisotopic (exact) mass is 272 g/mol. The third-order valence-electron chi connectivity index (χ3n) is 2.50. The smallest absolute Gasteiger partial charge is 0.257 e. The van der Waals surface area contributed by atoms with Gasteiger partial charge in [-0.25, -0.2) is 4.98 Å². The van der Waals surface area contributed by atoms with E-state index in [1.807, 2.05) is 36.4 Å². The largest absolute Gasteiger partial charge is 0.307 e. The number of carbonyl (C=O) groups excluding carboxylic acids is 1. The van der Waals surface area contributed by atoms with Gasteiger partial charge in [-0.15, -0.1) is 11.8 Å². The zero-order valence-corrected chi connectivity index (χ0v) is 11.6.